The second kappa shape index (κ2) is 6.14. The third-order valence-corrected chi connectivity index (χ3v) is 3.11. The monoisotopic (exact) mass is 315 g/mol. The van der Waals surface area contributed by atoms with E-state index in [1.165, 1.54) is 6.39 Å². The SMILES string of the molecule is Clc1cc(Br)ccc1CNCCc1ncon1. The summed E-state index contributed by atoms with van der Waals surface area (Å²) in [5.41, 5.74) is 1.07. The molecule has 0 saturated heterocycles. The quantitative estimate of drug-likeness (QED) is 0.862. The Morgan fingerprint density at radius 3 is 3.00 bits per heavy atom. The zero-order chi connectivity index (χ0) is 12.1. The molecule has 0 fully saturated rings. The molecule has 1 N–H and O–H groups in total. The molecule has 1 aromatic carbocycles. The molecule has 0 aliphatic rings. The molecule has 6 heteroatoms. The standard InChI is InChI=1S/C11H11BrClN3O/c12-9-2-1-8(10(13)5-9)6-14-4-3-11-15-7-17-16-11/h1-2,5,7,14H,3-4,6H2. The summed E-state index contributed by atoms with van der Waals surface area (Å²) in [4.78, 5) is 3.94. The Balaban J connectivity index is 1.78. The first-order chi connectivity index (χ1) is 8.25. The summed E-state index contributed by atoms with van der Waals surface area (Å²) >= 11 is 9.47. The largest absolute Gasteiger partial charge is 0.343 e. The Hall–Kier alpha value is -0.910. The van der Waals surface area contributed by atoms with Crippen LogP contribution in [-0.4, -0.2) is 16.7 Å². The van der Waals surface area contributed by atoms with Crippen LogP contribution in [0.4, 0.5) is 0 Å². The molecule has 0 saturated carbocycles. The molecule has 0 unspecified atom stereocenters. The molecular weight excluding hydrogens is 305 g/mol. The third kappa shape index (κ3) is 3.80. The first kappa shape index (κ1) is 12.5. The van der Waals surface area contributed by atoms with Crippen LogP contribution in [0.3, 0.4) is 0 Å². The number of nitrogens with one attached hydrogen (secondary N) is 1. The fourth-order valence-electron chi connectivity index (χ4n) is 1.39. The molecule has 2 rings (SSSR count). The Bertz CT molecular complexity index is 476. The Morgan fingerprint density at radius 1 is 1.41 bits per heavy atom. The van der Waals surface area contributed by atoms with E-state index in [-0.39, 0.29) is 0 Å². The van der Waals surface area contributed by atoms with Crippen molar-refractivity contribution in [1.82, 2.24) is 15.5 Å². The van der Waals surface area contributed by atoms with Crippen molar-refractivity contribution in [1.29, 1.82) is 0 Å². The van der Waals surface area contributed by atoms with Gasteiger partial charge in [-0.25, -0.2) is 0 Å². The first-order valence-corrected chi connectivity index (χ1v) is 6.32. The minimum absolute atomic E-state index is 0.708. The molecule has 1 heterocycles. The van der Waals surface area contributed by atoms with Gasteiger partial charge < -0.3 is 9.84 Å². The van der Waals surface area contributed by atoms with Crippen LogP contribution in [0.2, 0.25) is 5.02 Å². The van der Waals surface area contributed by atoms with Crippen molar-refractivity contribution in [2.24, 2.45) is 0 Å². The molecular formula is C11H11BrClN3O. The maximum Gasteiger partial charge on any atom is 0.213 e. The number of hydrogen-bond donors (Lipinski definition) is 1. The minimum Gasteiger partial charge on any atom is -0.343 e. The number of aromatic nitrogens is 2. The van der Waals surface area contributed by atoms with Crippen LogP contribution in [0.5, 0.6) is 0 Å². The number of rotatable bonds is 5. The zero-order valence-electron chi connectivity index (χ0n) is 8.99. The topological polar surface area (TPSA) is 51.0 Å². The van der Waals surface area contributed by atoms with E-state index in [0.29, 0.717) is 5.82 Å². The summed E-state index contributed by atoms with van der Waals surface area (Å²) < 4.78 is 5.63. The molecule has 0 aliphatic heterocycles. The highest BCUT2D eigenvalue weighted by Gasteiger charge is 2.01. The fourth-order valence-corrected chi connectivity index (χ4v) is 2.13. The molecule has 0 radical (unpaired) electrons. The number of halogens is 2. The smallest absolute Gasteiger partial charge is 0.213 e. The summed E-state index contributed by atoms with van der Waals surface area (Å²) in [5, 5.41) is 7.77. The van der Waals surface area contributed by atoms with Crippen molar-refractivity contribution < 1.29 is 4.52 Å². The van der Waals surface area contributed by atoms with Crippen LogP contribution in [0, 0.1) is 0 Å². The summed E-state index contributed by atoms with van der Waals surface area (Å²) in [6.45, 7) is 1.51. The van der Waals surface area contributed by atoms with Crippen molar-refractivity contribution >= 4 is 27.5 Å². The Labute approximate surface area is 112 Å². The lowest BCUT2D eigenvalue weighted by Gasteiger charge is -2.05. The van der Waals surface area contributed by atoms with Crippen LogP contribution >= 0.6 is 27.5 Å². The van der Waals surface area contributed by atoms with Gasteiger partial charge in [0.15, 0.2) is 5.82 Å². The second-order valence-corrected chi connectivity index (χ2v) is 4.83. The number of hydrogen-bond acceptors (Lipinski definition) is 4. The van der Waals surface area contributed by atoms with Crippen LogP contribution in [0.15, 0.2) is 33.6 Å². The lowest BCUT2D eigenvalue weighted by Crippen LogP contribution is -2.17. The second-order valence-electron chi connectivity index (χ2n) is 3.51. The molecule has 17 heavy (non-hydrogen) atoms. The van der Waals surface area contributed by atoms with Gasteiger partial charge in [-0.15, -0.1) is 0 Å². The summed E-state index contributed by atoms with van der Waals surface area (Å²) in [5.74, 6) is 0.708. The molecule has 0 amide bonds. The maximum absolute atomic E-state index is 6.10. The van der Waals surface area contributed by atoms with Crippen molar-refractivity contribution in [2.75, 3.05) is 6.54 Å². The Kier molecular flexibility index (Phi) is 4.53. The predicted octanol–water partition coefficient (Wildman–Crippen LogP) is 2.82. The molecule has 0 aliphatic carbocycles. The highest BCUT2D eigenvalue weighted by molar-refractivity contribution is 9.10. The molecule has 2 aromatic rings. The normalized spacial score (nSPS) is 10.7. The minimum atomic E-state index is 0.708. The summed E-state index contributed by atoms with van der Waals surface area (Å²) in [7, 11) is 0. The van der Waals surface area contributed by atoms with Crippen molar-refractivity contribution in [2.45, 2.75) is 13.0 Å². The van der Waals surface area contributed by atoms with Crippen LogP contribution in [0.25, 0.3) is 0 Å². The zero-order valence-corrected chi connectivity index (χ0v) is 11.3. The molecule has 1 aromatic heterocycles. The average molecular weight is 317 g/mol. The van der Waals surface area contributed by atoms with Gasteiger partial charge in [-0.2, -0.15) is 4.98 Å². The molecule has 90 valence electrons. The van der Waals surface area contributed by atoms with Crippen molar-refractivity contribution in [3.05, 3.63) is 45.5 Å². The molecule has 0 spiro atoms. The van der Waals surface area contributed by atoms with Crippen LogP contribution < -0.4 is 5.32 Å². The Morgan fingerprint density at radius 2 is 2.29 bits per heavy atom. The predicted molar refractivity (Wildman–Crippen MR) is 68.9 cm³/mol. The molecule has 4 nitrogen and oxygen atoms in total. The van der Waals surface area contributed by atoms with E-state index in [2.05, 4.69) is 35.9 Å². The van der Waals surface area contributed by atoms with E-state index >= 15 is 0 Å². The van der Waals surface area contributed by atoms with E-state index in [9.17, 15) is 0 Å². The summed E-state index contributed by atoms with van der Waals surface area (Å²) in [6.07, 6.45) is 2.07. The van der Waals surface area contributed by atoms with Gasteiger partial charge in [-0.05, 0) is 17.7 Å². The van der Waals surface area contributed by atoms with Crippen molar-refractivity contribution in [3.8, 4) is 0 Å². The van der Waals surface area contributed by atoms with E-state index in [1.807, 2.05) is 18.2 Å². The average Bonchev–Trinajstić information content (AvgIpc) is 2.79. The van der Waals surface area contributed by atoms with E-state index in [1.54, 1.807) is 0 Å². The van der Waals surface area contributed by atoms with Gasteiger partial charge in [0.25, 0.3) is 0 Å². The van der Waals surface area contributed by atoms with Gasteiger partial charge in [0, 0.05) is 29.0 Å². The number of benzene rings is 1. The van der Waals surface area contributed by atoms with Gasteiger partial charge in [-0.3, -0.25) is 0 Å². The fraction of sp³-hybridized carbons (Fsp3) is 0.273. The summed E-state index contributed by atoms with van der Waals surface area (Å²) in [6, 6.07) is 5.85. The van der Waals surface area contributed by atoms with Gasteiger partial charge in [-0.1, -0.05) is 38.8 Å². The highest BCUT2D eigenvalue weighted by atomic mass is 79.9. The van der Waals surface area contributed by atoms with Crippen LogP contribution in [0.1, 0.15) is 11.4 Å². The number of nitrogens with zero attached hydrogens (tertiary/aromatic N) is 2. The highest BCUT2D eigenvalue weighted by Crippen LogP contribution is 2.20. The maximum atomic E-state index is 6.10. The third-order valence-electron chi connectivity index (χ3n) is 2.26. The van der Waals surface area contributed by atoms with Gasteiger partial charge in [0.2, 0.25) is 6.39 Å². The van der Waals surface area contributed by atoms with Crippen LogP contribution in [-0.2, 0) is 13.0 Å². The van der Waals surface area contributed by atoms with Gasteiger partial charge in [0.1, 0.15) is 0 Å². The van der Waals surface area contributed by atoms with Gasteiger partial charge in [0.05, 0.1) is 0 Å². The lowest BCUT2D eigenvalue weighted by molar-refractivity contribution is 0.409. The van der Waals surface area contributed by atoms with E-state index in [4.69, 9.17) is 11.6 Å². The first-order valence-electron chi connectivity index (χ1n) is 5.15. The molecule has 0 atom stereocenters. The van der Waals surface area contributed by atoms with Gasteiger partial charge >= 0.3 is 0 Å². The van der Waals surface area contributed by atoms with E-state index < -0.39 is 0 Å². The van der Waals surface area contributed by atoms with E-state index in [0.717, 1.165) is 34.6 Å². The molecule has 0 bridgehead atoms. The van der Waals surface area contributed by atoms with Crippen molar-refractivity contribution in [3.63, 3.8) is 0 Å². The lowest BCUT2D eigenvalue weighted by atomic mass is 10.2.